The van der Waals surface area contributed by atoms with Gasteiger partial charge in [-0.05, 0) is 26.6 Å². The fourth-order valence-electron chi connectivity index (χ4n) is 1.24. The molecule has 0 heterocycles. The van der Waals surface area contributed by atoms with Crippen molar-refractivity contribution in [2.75, 3.05) is 14.1 Å². The summed E-state index contributed by atoms with van der Waals surface area (Å²) < 4.78 is 0. The predicted octanol–water partition coefficient (Wildman–Crippen LogP) is 2.54. The molecule has 0 aromatic heterocycles. The lowest BCUT2D eigenvalue weighted by molar-refractivity contribution is 0.358. The van der Waals surface area contributed by atoms with E-state index in [9.17, 15) is 0 Å². The van der Waals surface area contributed by atoms with Gasteiger partial charge in [-0.3, -0.25) is 4.90 Å². The molecule has 14 heavy (non-hydrogen) atoms. The van der Waals surface area contributed by atoms with E-state index in [2.05, 4.69) is 6.07 Å². The third kappa shape index (κ3) is 3.02. The summed E-state index contributed by atoms with van der Waals surface area (Å²) in [6.45, 7) is 2.04. The topological polar surface area (TPSA) is 27.0 Å². The molecule has 2 nitrogen and oxygen atoms in total. The first-order chi connectivity index (χ1) is 6.15. The van der Waals surface area contributed by atoms with Gasteiger partial charge in [0.15, 0.2) is 0 Å². The van der Waals surface area contributed by atoms with Gasteiger partial charge in [0.25, 0.3) is 0 Å². The first-order valence-corrected chi connectivity index (χ1v) is 4.27. The first-order valence-electron chi connectivity index (χ1n) is 4.27. The van der Waals surface area contributed by atoms with Crippen LogP contribution in [0, 0.1) is 18.3 Å². The summed E-state index contributed by atoms with van der Waals surface area (Å²) in [5.41, 5.74) is 2.28. The number of hydrogen-bond acceptors (Lipinski definition) is 2. The maximum Gasteiger partial charge on any atom is 0.123 e. The highest BCUT2D eigenvalue weighted by atomic mass is 35.5. The van der Waals surface area contributed by atoms with Crippen molar-refractivity contribution < 1.29 is 0 Å². The summed E-state index contributed by atoms with van der Waals surface area (Å²) in [5, 5.41) is 8.93. The lowest BCUT2D eigenvalue weighted by Crippen LogP contribution is -2.18. The average Bonchev–Trinajstić information content (AvgIpc) is 2.09. The number of aryl methyl sites for hydroxylation is 1. The Bertz CT molecular complexity index is 311. The van der Waals surface area contributed by atoms with Gasteiger partial charge < -0.3 is 0 Å². The molecule has 0 aliphatic carbocycles. The number of halogens is 1. The van der Waals surface area contributed by atoms with Gasteiger partial charge in [0.2, 0.25) is 0 Å². The maximum atomic E-state index is 8.93. The normalized spacial score (nSPS) is 11.6. The second-order valence-corrected chi connectivity index (χ2v) is 3.41. The fourth-order valence-corrected chi connectivity index (χ4v) is 1.24. The summed E-state index contributed by atoms with van der Waals surface area (Å²) in [6, 6.07) is 10.2. The monoisotopic (exact) mass is 210 g/mol. The Labute approximate surface area is 91.6 Å². The summed E-state index contributed by atoms with van der Waals surface area (Å²) >= 11 is 0. The number of rotatable bonds is 2. The van der Waals surface area contributed by atoms with Crippen molar-refractivity contribution in [1.82, 2.24) is 4.90 Å². The smallest absolute Gasteiger partial charge is 0.123 e. The van der Waals surface area contributed by atoms with Crippen LogP contribution in [0.4, 0.5) is 0 Å². The minimum Gasteiger partial charge on any atom is -0.291 e. The van der Waals surface area contributed by atoms with E-state index >= 15 is 0 Å². The molecule has 0 radical (unpaired) electrons. The van der Waals surface area contributed by atoms with Crippen LogP contribution in [0.25, 0.3) is 0 Å². The van der Waals surface area contributed by atoms with Crippen molar-refractivity contribution in [3.8, 4) is 6.07 Å². The molecule has 1 unspecified atom stereocenters. The highest BCUT2D eigenvalue weighted by Gasteiger charge is 2.11. The van der Waals surface area contributed by atoms with Crippen molar-refractivity contribution in [2.45, 2.75) is 13.0 Å². The van der Waals surface area contributed by atoms with Crippen molar-refractivity contribution in [3.63, 3.8) is 0 Å². The molecule has 0 amide bonds. The van der Waals surface area contributed by atoms with Crippen molar-refractivity contribution in [1.29, 1.82) is 5.26 Å². The van der Waals surface area contributed by atoms with Crippen molar-refractivity contribution in [3.05, 3.63) is 35.4 Å². The van der Waals surface area contributed by atoms with Gasteiger partial charge in [0.05, 0.1) is 6.07 Å². The van der Waals surface area contributed by atoms with Crippen LogP contribution in [0.1, 0.15) is 17.2 Å². The highest BCUT2D eigenvalue weighted by Crippen LogP contribution is 2.17. The predicted molar refractivity (Wildman–Crippen MR) is 60.5 cm³/mol. The summed E-state index contributed by atoms with van der Waals surface area (Å²) in [5.74, 6) is 0. The molecule has 0 fully saturated rings. The van der Waals surface area contributed by atoms with E-state index in [1.54, 1.807) is 0 Å². The third-order valence-corrected chi connectivity index (χ3v) is 2.03. The molecule has 0 aliphatic rings. The quantitative estimate of drug-likeness (QED) is 0.750. The van der Waals surface area contributed by atoms with E-state index in [1.807, 2.05) is 50.2 Å². The van der Waals surface area contributed by atoms with Gasteiger partial charge in [0, 0.05) is 0 Å². The average molecular weight is 211 g/mol. The lowest BCUT2D eigenvalue weighted by atomic mass is 10.1. The van der Waals surface area contributed by atoms with Gasteiger partial charge in [-0.2, -0.15) is 5.26 Å². The lowest BCUT2D eigenvalue weighted by Gasteiger charge is -2.17. The SMILES string of the molecule is Cc1ccc(C(C#N)N(C)C)cc1.Cl. The van der Waals surface area contributed by atoms with Crippen molar-refractivity contribution in [2.24, 2.45) is 0 Å². The van der Waals surface area contributed by atoms with Gasteiger partial charge >= 0.3 is 0 Å². The number of hydrogen-bond donors (Lipinski definition) is 0. The van der Waals surface area contributed by atoms with Crippen LogP contribution in [0.3, 0.4) is 0 Å². The molecular formula is C11H15ClN2. The van der Waals surface area contributed by atoms with Crippen LogP contribution < -0.4 is 0 Å². The van der Waals surface area contributed by atoms with Crippen molar-refractivity contribution >= 4 is 12.4 Å². The molecule has 1 rings (SSSR count). The van der Waals surface area contributed by atoms with Crippen LogP contribution in [0.15, 0.2) is 24.3 Å². The Hall–Kier alpha value is -1.04. The second kappa shape index (κ2) is 5.64. The van der Waals surface area contributed by atoms with E-state index in [0.29, 0.717) is 0 Å². The highest BCUT2D eigenvalue weighted by molar-refractivity contribution is 5.85. The number of nitriles is 1. The molecule has 76 valence electrons. The minimum absolute atomic E-state index is 0. The Morgan fingerprint density at radius 2 is 1.71 bits per heavy atom. The summed E-state index contributed by atoms with van der Waals surface area (Å²) in [7, 11) is 3.82. The Morgan fingerprint density at radius 1 is 1.21 bits per heavy atom. The van der Waals surface area contributed by atoms with Crippen LogP contribution in [-0.4, -0.2) is 19.0 Å². The van der Waals surface area contributed by atoms with Crippen LogP contribution in [0.2, 0.25) is 0 Å². The molecule has 3 heteroatoms. The third-order valence-electron chi connectivity index (χ3n) is 2.03. The molecule has 0 N–H and O–H groups in total. The molecule has 0 saturated carbocycles. The maximum absolute atomic E-state index is 8.93. The largest absolute Gasteiger partial charge is 0.291 e. The molecule has 1 atom stereocenters. The molecule has 1 aromatic rings. The standard InChI is InChI=1S/C11H14N2.ClH/c1-9-4-6-10(7-5-9)11(8-12)13(2)3;/h4-7,11H,1-3H3;1H. The van der Waals surface area contributed by atoms with E-state index in [-0.39, 0.29) is 18.4 Å². The zero-order valence-corrected chi connectivity index (χ0v) is 9.51. The van der Waals surface area contributed by atoms with Gasteiger partial charge in [0.1, 0.15) is 6.04 Å². The molecule has 0 bridgehead atoms. The number of benzene rings is 1. The van der Waals surface area contributed by atoms with E-state index in [1.165, 1.54) is 5.56 Å². The molecule has 0 saturated heterocycles. The minimum atomic E-state index is -0.138. The Kier molecular flexibility index (Phi) is 5.22. The van der Waals surface area contributed by atoms with Gasteiger partial charge in [-0.1, -0.05) is 29.8 Å². The van der Waals surface area contributed by atoms with Crippen LogP contribution >= 0.6 is 12.4 Å². The van der Waals surface area contributed by atoms with Crippen LogP contribution in [-0.2, 0) is 0 Å². The molecular weight excluding hydrogens is 196 g/mol. The van der Waals surface area contributed by atoms with E-state index < -0.39 is 0 Å². The zero-order valence-electron chi connectivity index (χ0n) is 8.69. The Balaban J connectivity index is 0.00000169. The van der Waals surface area contributed by atoms with E-state index in [0.717, 1.165) is 5.56 Å². The van der Waals surface area contributed by atoms with Gasteiger partial charge in [-0.25, -0.2) is 0 Å². The number of nitrogens with zero attached hydrogens (tertiary/aromatic N) is 2. The molecule has 1 aromatic carbocycles. The molecule has 0 spiro atoms. The summed E-state index contributed by atoms with van der Waals surface area (Å²) in [4.78, 5) is 1.91. The Morgan fingerprint density at radius 3 is 2.07 bits per heavy atom. The summed E-state index contributed by atoms with van der Waals surface area (Å²) in [6.07, 6.45) is 0. The van der Waals surface area contributed by atoms with E-state index in [4.69, 9.17) is 5.26 Å². The first kappa shape index (κ1) is 13.0. The van der Waals surface area contributed by atoms with Crippen LogP contribution in [0.5, 0.6) is 0 Å². The van der Waals surface area contributed by atoms with Gasteiger partial charge in [-0.15, -0.1) is 12.4 Å². The zero-order chi connectivity index (χ0) is 9.84. The molecule has 0 aliphatic heterocycles. The fraction of sp³-hybridized carbons (Fsp3) is 0.364. The second-order valence-electron chi connectivity index (χ2n) is 3.41.